The zero-order valence-corrected chi connectivity index (χ0v) is 17.8. The first-order valence-corrected chi connectivity index (χ1v) is 10.7. The number of hydrogen-bond donors (Lipinski definition) is 1. The van der Waals surface area contributed by atoms with Gasteiger partial charge in [0, 0.05) is 15.6 Å². The van der Waals surface area contributed by atoms with Crippen molar-refractivity contribution in [2.24, 2.45) is 5.10 Å². The number of halogens is 1. The van der Waals surface area contributed by atoms with Gasteiger partial charge in [-0.05, 0) is 49.4 Å². The fourth-order valence-corrected chi connectivity index (χ4v) is 3.84. The van der Waals surface area contributed by atoms with Crippen molar-refractivity contribution >= 4 is 31.7 Å². The van der Waals surface area contributed by atoms with Crippen molar-refractivity contribution in [3.8, 4) is 5.75 Å². The van der Waals surface area contributed by atoms with E-state index < -0.39 is 10.0 Å². The second-order valence-electron chi connectivity index (χ2n) is 6.08. The van der Waals surface area contributed by atoms with E-state index in [1.54, 1.807) is 43.5 Å². The van der Waals surface area contributed by atoms with Gasteiger partial charge in [-0.25, -0.2) is 0 Å². The molecule has 144 valence electrons. The lowest BCUT2D eigenvalue weighted by molar-refractivity contribution is 0.415. The van der Waals surface area contributed by atoms with Crippen molar-refractivity contribution in [1.82, 2.24) is 4.83 Å². The Labute approximate surface area is 173 Å². The van der Waals surface area contributed by atoms with E-state index in [9.17, 15) is 8.42 Å². The van der Waals surface area contributed by atoms with Crippen LogP contribution in [-0.2, 0) is 10.0 Å². The van der Waals surface area contributed by atoms with Gasteiger partial charge in [0.25, 0.3) is 10.0 Å². The van der Waals surface area contributed by atoms with Crippen LogP contribution >= 0.6 is 15.9 Å². The lowest BCUT2D eigenvalue weighted by atomic mass is 10.0. The molecule has 3 aromatic rings. The molecule has 0 saturated heterocycles. The first-order valence-electron chi connectivity index (χ1n) is 8.46. The van der Waals surface area contributed by atoms with E-state index >= 15 is 0 Å². The number of sulfonamides is 1. The van der Waals surface area contributed by atoms with E-state index in [4.69, 9.17) is 4.74 Å². The number of aryl methyl sites for hydroxylation is 1. The lowest BCUT2D eigenvalue weighted by Gasteiger charge is -2.11. The fraction of sp³-hybridized carbons (Fsp3) is 0.0952. The van der Waals surface area contributed by atoms with Crippen molar-refractivity contribution < 1.29 is 13.2 Å². The summed E-state index contributed by atoms with van der Waals surface area (Å²) in [5.74, 6) is 0.704. The number of nitrogens with zero attached hydrogens (tertiary/aromatic N) is 1. The van der Waals surface area contributed by atoms with Crippen LogP contribution in [-0.4, -0.2) is 21.2 Å². The Morgan fingerprint density at radius 1 is 0.964 bits per heavy atom. The van der Waals surface area contributed by atoms with Crippen molar-refractivity contribution in [1.29, 1.82) is 0 Å². The van der Waals surface area contributed by atoms with E-state index in [-0.39, 0.29) is 4.90 Å². The van der Waals surface area contributed by atoms with E-state index in [0.717, 1.165) is 21.2 Å². The van der Waals surface area contributed by atoms with Crippen LogP contribution < -0.4 is 9.57 Å². The number of ether oxygens (including phenoxy) is 1. The topological polar surface area (TPSA) is 67.8 Å². The molecule has 0 aliphatic heterocycles. The average molecular weight is 459 g/mol. The molecule has 0 atom stereocenters. The van der Waals surface area contributed by atoms with Gasteiger partial charge in [0.05, 0.1) is 17.7 Å². The third-order valence-corrected chi connectivity index (χ3v) is 6.02. The van der Waals surface area contributed by atoms with Crippen LogP contribution in [0, 0.1) is 6.92 Å². The summed E-state index contributed by atoms with van der Waals surface area (Å²) in [7, 11) is -2.20. The monoisotopic (exact) mass is 458 g/mol. The predicted octanol–water partition coefficient (Wildman–Crippen LogP) is 4.50. The van der Waals surface area contributed by atoms with Gasteiger partial charge < -0.3 is 4.74 Å². The summed E-state index contributed by atoms with van der Waals surface area (Å²) in [4.78, 5) is 2.51. The van der Waals surface area contributed by atoms with Gasteiger partial charge in [0.1, 0.15) is 5.75 Å². The molecule has 0 unspecified atom stereocenters. The van der Waals surface area contributed by atoms with Crippen LogP contribution in [0.2, 0.25) is 0 Å². The predicted molar refractivity (Wildman–Crippen MR) is 114 cm³/mol. The molecule has 0 saturated carbocycles. The molecule has 3 aromatic carbocycles. The van der Waals surface area contributed by atoms with E-state index in [0.29, 0.717) is 11.5 Å². The molecule has 5 nitrogen and oxygen atoms in total. The minimum Gasteiger partial charge on any atom is -0.497 e. The Kier molecular flexibility index (Phi) is 6.16. The molecule has 28 heavy (non-hydrogen) atoms. The van der Waals surface area contributed by atoms with Crippen LogP contribution in [0.3, 0.4) is 0 Å². The summed E-state index contributed by atoms with van der Waals surface area (Å²) in [6.45, 7) is 1.90. The highest BCUT2D eigenvalue weighted by molar-refractivity contribution is 9.10. The number of hydrogen-bond acceptors (Lipinski definition) is 4. The summed E-state index contributed by atoms with van der Waals surface area (Å²) < 4.78 is 31.3. The maximum atomic E-state index is 12.6. The third kappa shape index (κ3) is 4.61. The molecule has 0 aromatic heterocycles. The summed E-state index contributed by atoms with van der Waals surface area (Å²) in [6, 6.07) is 21.4. The highest BCUT2D eigenvalue weighted by Gasteiger charge is 2.16. The molecule has 0 aliphatic rings. The Hall–Kier alpha value is -2.64. The van der Waals surface area contributed by atoms with E-state index in [1.165, 1.54) is 0 Å². The summed E-state index contributed by atoms with van der Waals surface area (Å²) >= 11 is 3.51. The fourth-order valence-electron chi connectivity index (χ4n) is 2.56. The Bertz CT molecular complexity index is 1090. The molecule has 0 radical (unpaired) electrons. The van der Waals surface area contributed by atoms with E-state index in [1.807, 2.05) is 43.3 Å². The van der Waals surface area contributed by atoms with Crippen LogP contribution in [0.1, 0.15) is 16.7 Å². The minimum atomic E-state index is -3.79. The van der Waals surface area contributed by atoms with Gasteiger partial charge >= 0.3 is 0 Å². The smallest absolute Gasteiger partial charge is 0.276 e. The molecular formula is C21H19BrN2O3S. The zero-order valence-electron chi connectivity index (χ0n) is 15.4. The maximum Gasteiger partial charge on any atom is 0.276 e. The van der Waals surface area contributed by atoms with Gasteiger partial charge in [-0.1, -0.05) is 51.8 Å². The van der Waals surface area contributed by atoms with Crippen molar-refractivity contribution in [3.05, 3.63) is 94.0 Å². The molecule has 0 bridgehead atoms. The summed E-state index contributed by atoms with van der Waals surface area (Å²) in [5.41, 5.74) is 2.99. The molecule has 0 spiro atoms. The van der Waals surface area contributed by atoms with Gasteiger partial charge in [0.2, 0.25) is 0 Å². The summed E-state index contributed by atoms with van der Waals surface area (Å²) in [6.07, 6.45) is 0. The quantitative estimate of drug-likeness (QED) is 0.436. The summed E-state index contributed by atoms with van der Waals surface area (Å²) in [5, 5.41) is 4.26. The maximum absolute atomic E-state index is 12.6. The molecule has 3 rings (SSSR count). The van der Waals surface area contributed by atoms with Gasteiger partial charge in [0.15, 0.2) is 0 Å². The van der Waals surface area contributed by atoms with Gasteiger partial charge in [-0.2, -0.15) is 18.4 Å². The Morgan fingerprint density at radius 2 is 1.61 bits per heavy atom. The molecule has 1 N–H and O–H groups in total. The van der Waals surface area contributed by atoms with Crippen molar-refractivity contribution in [3.63, 3.8) is 0 Å². The van der Waals surface area contributed by atoms with Crippen LogP contribution in [0.15, 0.2) is 87.3 Å². The highest BCUT2D eigenvalue weighted by atomic mass is 79.9. The highest BCUT2D eigenvalue weighted by Crippen LogP contribution is 2.22. The van der Waals surface area contributed by atoms with Crippen molar-refractivity contribution in [2.75, 3.05) is 7.11 Å². The number of hydrazone groups is 1. The Morgan fingerprint density at radius 3 is 2.21 bits per heavy atom. The number of rotatable bonds is 6. The Balaban J connectivity index is 2.03. The van der Waals surface area contributed by atoms with Gasteiger partial charge in [-0.15, -0.1) is 0 Å². The SMILES string of the molecule is COc1ccc(/C(=N/NS(=O)(=O)c2ccc(C)cc2)c2ccccc2Br)cc1. The molecular weight excluding hydrogens is 440 g/mol. The zero-order chi connectivity index (χ0) is 20.1. The molecule has 0 heterocycles. The second kappa shape index (κ2) is 8.58. The van der Waals surface area contributed by atoms with Gasteiger partial charge in [-0.3, -0.25) is 0 Å². The minimum absolute atomic E-state index is 0.156. The molecule has 7 heteroatoms. The number of methoxy groups -OCH3 is 1. The number of benzene rings is 3. The first-order chi connectivity index (χ1) is 13.4. The van der Waals surface area contributed by atoms with Crippen molar-refractivity contribution in [2.45, 2.75) is 11.8 Å². The largest absolute Gasteiger partial charge is 0.497 e. The standard InChI is InChI=1S/C21H19BrN2O3S/c1-15-7-13-18(14-8-15)28(25,26)24-23-21(19-5-3-4-6-20(19)22)16-9-11-17(27-2)12-10-16/h3-14,24H,1-2H3/b23-21-. The van der Waals surface area contributed by atoms with Crippen LogP contribution in [0.25, 0.3) is 0 Å². The van der Waals surface area contributed by atoms with Crippen LogP contribution in [0.5, 0.6) is 5.75 Å². The second-order valence-corrected chi connectivity index (χ2v) is 8.59. The van der Waals surface area contributed by atoms with Crippen LogP contribution in [0.4, 0.5) is 0 Å². The normalized spacial score (nSPS) is 11.9. The molecule has 0 fully saturated rings. The molecule has 0 aliphatic carbocycles. The average Bonchev–Trinajstić information content (AvgIpc) is 2.70. The van der Waals surface area contributed by atoms with E-state index in [2.05, 4.69) is 25.9 Å². The number of nitrogens with one attached hydrogen (secondary N) is 1. The lowest BCUT2D eigenvalue weighted by Crippen LogP contribution is -2.21. The molecule has 0 amide bonds. The first kappa shape index (κ1) is 20.1. The third-order valence-electron chi connectivity index (χ3n) is 4.10.